The van der Waals surface area contributed by atoms with Crippen LogP contribution in [0.3, 0.4) is 0 Å². The number of amides is 1. The molecule has 24 heavy (non-hydrogen) atoms. The monoisotopic (exact) mass is 329 g/mol. The van der Waals surface area contributed by atoms with Gasteiger partial charge < -0.3 is 20.2 Å². The average molecular weight is 329 g/mol. The molecule has 0 unspecified atom stereocenters. The van der Waals surface area contributed by atoms with Crippen LogP contribution >= 0.6 is 0 Å². The van der Waals surface area contributed by atoms with E-state index in [1.54, 1.807) is 0 Å². The minimum absolute atomic E-state index is 0.0189. The molecule has 2 aromatic rings. The van der Waals surface area contributed by atoms with Gasteiger partial charge in [0.1, 0.15) is 6.20 Å². The first kappa shape index (κ1) is 17.4. The molecule has 2 rings (SSSR count). The van der Waals surface area contributed by atoms with Crippen molar-refractivity contribution in [2.45, 2.75) is 25.8 Å². The molecule has 126 valence electrons. The molecule has 0 aliphatic heterocycles. The number of carbonyl (C=O) groups excluding carboxylic acids is 1. The standard InChI is InChI=1S/C17H19N3O4/c1-13(9-10-14-6-3-2-4-7-14)19-16(21)12-24-15-8-5-11-18-17(15)20(22)23/h2-8,11,13H,9-10,12H2,1H3,(H,19,21)/t13-/m1/s1. The van der Waals surface area contributed by atoms with Crippen molar-refractivity contribution in [2.24, 2.45) is 0 Å². The predicted octanol–water partition coefficient (Wildman–Crippen LogP) is 2.51. The van der Waals surface area contributed by atoms with Gasteiger partial charge in [0.25, 0.3) is 5.91 Å². The van der Waals surface area contributed by atoms with Crippen molar-refractivity contribution in [3.05, 3.63) is 64.3 Å². The number of rotatable bonds is 8. The zero-order chi connectivity index (χ0) is 17.4. The molecule has 0 radical (unpaired) electrons. The number of aromatic nitrogens is 1. The normalized spacial score (nSPS) is 11.5. The third kappa shape index (κ3) is 5.35. The zero-order valence-corrected chi connectivity index (χ0v) is 13.3. The molecule has 1 amide bonds. The molecule has 0 aliphatic rings. The first-order valence-corrected chi connectivity index (χ1v) is 7.61. The molecule has 0 saturated heterocycles. The fraction of sp³-hybridized carbons (Fsp3) is 0.294. The van der Waals surface area contributed by atoms with E-state index in [0.717, 1.165) is 12.8 Å². The van der Waals surface area contributed by atoms with E-state index >= 15 is 0 Å². The molecule has 0 bridgehead atoms. The molecule has 0 saturated carbocycles. The van der Waals surface area contributed by atoms with E-state index in [1.807, 2.05) is 37.3 Å². The van der Waals surface area contributed by atoms with Crippen LogP contribution in [-0.2, 0) is 11.2 Å². The third-order valence-corrected chi connectivity index (χ3v) is 3.40. The van der Waals surface area contributed by atoms with E-state index in [9.17, 15) is 14.9 Å². The molecule has 1 heterocycles. The number of ether oxygens (including phenoxy) is 1. The molecule has 7 heteroatoms. The third-order valence-electron chi connectivity index (χ3n) is 3.40. The van der Waals surface area contributed by atoms with Gasteiger partial charge in [0.2, 0.25) is 5.75 Å². The van der Waals surface area contributed by atoms with Gasteiger partial charge in [-0.05, 0) is 47.4 Å². The molecule has 7 nitrogen and oxygen atoms in total. The van der Waals surface area contributed by atoms with Gasteiger partial charge in [-0.15, -0.1) is 0 Å². The summed E-state index contributed by atoms with van der Waals surface area (Å²) in [5, 5.41) is 13.6. The maximum absolute atomic E-state index is 11.9. The highest BCUT2D eigenvalue weighted by molar-refractivity contribution is 5.77. The van der Waals surface area contributed by atoms with Crippen molar-refractivity contribution in [3.63, 3.8) is 0 Å². The largest absolute Gasteiger partial charge is 0.476 e. The summed E-state index contributed by atoms with van der Waals surface area (Å²) in [5.74, 6) is -0.745. The van der Waals surface area contributed by atoms with E-state index in [4.69, 9.17) is 4.74 Å². The number of nitrogens with one attached hydrogen (secondary N) is 1. The number of aryl methyl sites for hydroxylation is 1. The number of hydrogen-bond donors (Lipinski definition) is 1. The number of hydrogen-bond acceptors (Lipinski definition) is 5. The predicted molar refractivity (Wildman–Crippen MR) is 88.8 cm³/mol. The minimum atomic E-state index is -0.643. The fourth-order valence-corrected chi connectivity index (χ4v) is 2.19. The van der Waals surface area contributed by atoms with Gasteiger partial charge in [-0.1, -0.05) is 30.3 Å². The maximum Gasteiger partial charge on any atom is 0.406 e. The Balaban J connectivity index is 1.78. The Kier molecular flexibility index (Phi) is 6.24. The summed E-state index contributed by atoms with van der Waals surface area (Å²) in [6.45, 7) is 1.62. The van der Waals surface area contributed by atoms with Crippen LogP contribution in [0.2, 0.25) is 0 Å². The molecule has 1 atom stereocenters. The molecule has 1 N–H and O–H groups in total. The maximum atomic E-state index is 11.9. The number of carbonyl (C=O) groups is 1. The second-order valence-corrected chi connectivity index (χ2v) is 5.36. The lowest BCUT2D eigenvalue weighted by Gasteiger charge is -2.14. The van der Waals surface area contributed by atoms with Crippen molar-refractivity contribution in [3.8, 4) is 5.75 Å². The number of nitrogens with zero attached hydrogens (tertiary/aromatic N) is 2. The second kappa shape index (κ2) is 8.61. The van der Waals surface area contributed by atoms with Crippen LogP contribution in [0, 0.1) is 10.1 Å². The van der Waals surface area contributed by atoms with Gasteiger partial charge in [-0.25, -0.2) is 0 Å². The molecule has 0 fully saturated rings. The lowest BCUT2D eigenvalue weighted by Crippen LogP contribution is -2.36. The summed E-state index contributed by atoms with van der Waals surface area (Å²) in [7, 11) is 0. The van der Waals surface area contributed by atoms with Crippen LogP contribution in [-0.4, -0.2) is 28.5 Å². The van der Waals surface area contributed by atoms with E-state index in [-0.39, 0.29) is 24.3 Å². The lowest BCUT2D eigenvalue weighted by molar-refractivity contribution is -0.390. The van der Waals surface area contributed by atoms with Crippen LogP contribution in [0.5, 0.6) is 5.75 Å². The van der Waals surface area contributed by atoms with Crippen molar-refractivity contribution in [2.75, 3.05) is 6.61 Å². The Bertz CT molecular complexity index is 691. The van der Waals surface area contributed by atoms with Gasteiger partial charge in [-0.2, -0.15) is 0 Å². The highest BCUT2D eigenvalue weighted by Crippen LogP contribution is 2.22. The van der Waals surface area contributed by atoms with Crippen LogP contribution in [0.4, 0.5) is 5.82 Å². The SMILES string of the molecule is C[C@H](CCc1ccccc1)NC(=O)COc1cccnc1[N+](=O)[O-]. The van der Waals surface area contributed by atoms with Gasteiger partial charge in [0, 0.05) is 6.04 Å². The van der Waals surface area contributed by atoms with Gasteiger partial charge in [-0.3, -0.25) is 4.79 Å². The Morgan fingerprint density at radius 3 is 2.75 bits per heavy atom. The zero-order valence-electron chi connectivity index (χ0n) is 13.3. The fourth-order valence-electron chi connectivity index (χ4n) is 2.19. The highest BCUT2D eigenvalue weighted by atomic mass is 16.6. The smallest absolute Gasteiger partial charge is 0.406 e. The molecule has 1 aromatic carbocycles. The summed E-state index contributed by atoms with van der Waals surface area (Å²) >= 11 is 0. The van der Waals surface area contributed by atoms with Crippen LogP contribution < -0.4 is 10.1 Å². The average Bonchev–Trinajstić information content (AvgIpc) is 2.59. The first-order chi connectivity index (χ1) is 11.6. The quantitative estimate of drug-likeness (QED) is 0.593. The molecule has 0 spiro atoms. The summed E-state index contributed by atoms with van der Waals surface area (Å²) in [5.41, 5.74) is 1.21. The highest BCUT2D eigenvalue weighted by Gasteiger charge is 2.17. The Labute approximate surface area is 139 Å². The van der Waals surface area contributed by atoms with E-state index in [0.29, 0.717) is 0 Å². The topological polar surface area (TPSA) is 94.4 Å². The van der Waals surface area contributed by atoms with Crippen molar-refractivity contribution < 1.29 is 14.5 Å². The van der Waals surface area contributed by atoms with Gasteiger partial charge in [0.05, 0.1) is 0 Å². The molecule has 0 aliphatic carbocycles. The summed E-state index contributed by atoms with van der Waals surface area (Å²) in [6, 6.07) is 12.9. The van der Waals surface area contributed by atoms with Crippen LogP contribution in [0.1, 0.15) is 18.9 Å². The number of benzene rings is 1. The van der Waals surface area contributed by atoms with Crippen molar-refractivity contribution >= 4 is 11.7 Å². The molecular formula is C17H19N3O4. The Morgan fingerprint density at radius 2 is 2.04 bits per heavy atom. The lowest BCUT2D eigenvalue weighted by atomic mass is 10.1. The molecular weight excluding hydrogens is 310 g/mol. The first-order valence-electron chi connectivity index (χ1n) is 7.61. The Hall–Kier alpha value is -2.96. The number of nitro groups is 1. The van der Waals surface area contributed by atoms with Crippen molar-refractivity contribution in [1.82, 2.24) is 10.3 Å². The summed E-state index contributed by atoms with van der Waals surface area (Å²) in [4.78, 5) is 25.7. The van der Waals surface area contributed by atoms with Gasteiger partial charge in [0.15, 0.2) is 6.61 Å². The minimum Gasteiger partial charge on any atom is -0.476 e. The Morgan fingerprint density at radius 1 is 1.29 bits per heavy atom. The van der Waals surface area contributed by atoms with Crippen LogP contribution in [0.15, 0.2) is 48.7 Å². The van der Waals surface area contributed by atoms with E-state index in [1.165, 1.54) is 23.9 Å². The van der Waals surface area contributed by atoms with Crippen molar-refractivity contribution in [1.29, 1.82) is 0 Å². The van der Waals surface area contributed by atoms with Crippen LogP contribution in [0.25, 0.3) is 0 Å². The summed E-state index contributed by atoms with van der Waals surface area (Å²) < 4.78 is 5.21. The summed E-state index contributed by atoms with van der Waals surface area (Å²) in [6.07, 6.45) is 2.96. The van der Waals surface area contributed by atoms with E-state index in [2.05, 4.69) is 10.3 Å². The molecule has 1 aromatic heterocycles. The van der Waals surface area contributed by atoms with E-state index < -0.39 is 10.7 Å². The number of pyridine rings is 1. The van der Waals surface area contributed by atoms with Gasteiger partial charge >= 0.3 is 5.82 Å². The second-order valence-electron chi connectivity index (χ2n) is 5.36.